The van der Waals surface area contributed by atoms with E-state index in [0.717, 1.165) is 0 Å². The molecule has 0 aliphatic rings. The molecular weight excluding hydrogens is 138 g/mol. The third-order valence-corrected chi connectivity index (χ3v) is 0.945. The largest absolute Gasteiger partial charge is 0.394 e. The van der Waals surface area contributed by atoms with Crippen molar-refractivity contribution >= 4 is 11.0 Å². The fourth-order valence-electron chi connectivity index (χ4n) is 0.150. The van der Waals surface area contributed by atoms with E-state index in [2.05, 4.69) is 0 Å². The lowest BCUT2D eigenvalue weighted by Crippen LogP contribution is -2.50. The zero-order valence-electron chi connectivity index (χ0n) is 4.54. The van der Waals surface area contributed by atoms with E-state index in [9.17, 15) is 0 Å². The fourth-order valence-corrected chi connectivity index (χ4v) is 0.150. The summed E-state index contributed by atoms with van der Waals surface area (Å²) in [6.45, 7) is -1.21. The van der Waals surface area contributed by atoms with E-state index in [1.165, 1.54) is 0 Å². The Morgan fingerprint density at radius 3 is 1.22 bits per heavy atom. The van der Waals surface area contributed by atoms with Crippen LogP contribution in [-0.4, -0.2) is 51.6 Å². The van der Waals surface area contributed by atoms with Crippen molar-refractivity contribution in [2.45, 2.75) is 5.54 Å². The van der Waals surface area contributed by atoms with Crippen LogP contribution in [0.3, 0.4) is 0 Å². The van der Waals surface area contributed by atoms with Gasteiger partial charge in [0, 0.05) is 0 Å². The first-order chi connectivity index (χ1) is 3.68. The van der Waals surface area contributed by atoms with Crippen LogP contribution in [0.2, 0.25) is 0 Å². The van der Waals surface area contributed by atoms with Crippen LogP contribution in [0, 0.1) is 0 Å². The van der Waals surface area contributed by atoms with Crippen molar-refractivity contribution in [2.75, 3.05) is 19.8 Å². The van der Waals surface area contributed by atoms with Gasteiger partial charge in [-0.2, -0.15) is 0 Å². The van der Waals surface area contributed by atoms with Crippen LogP contribution in [0.5, 0.6) is 0 Å². The fraction of sp³-hybridized carbons (Fsp3) is 1.00. The van der Waals surface area contributed by atoms with Crippen LogP contribution < -0.4 is 5.73 Å². The maximum Gasteiger partial charge on any atom is 0.0856 e. The maximum atomic E-state index is 8.34. The lowest BCUT2D eigenvalue weighted by atomic mass is 10.1. The zero-order chi connectivity index (χ0) is 6.62. The van der Waals surface area contributed by atoms with E-state index in [-0.39, 0.29) is 11.0 Å². The molecule has 0 aromatic carbocycles. The molecule has 0 atom stereocenters. The van der Waals surface area contributed by atoms with Gasteiger partial charge >= 0.3 is 0 Å². The molecule has 0 aromatic rings. The van der Waals surface area contributed by atoms with Crippen molar-refractivity contribution in [3.05, 3.63) is 0 Å². The van der Waals surface area contributed by atoms with E-state index in [4.69, 9.17) is 21.1 Å². The van der Waals surface area contributed by atoms with E-state index < -0.39 is 25.4 Å². The molecule has 0 saturated heterocycles. The molecule has 0 rings (SSSR count). The molecule has 0 aliphatic heterocycles. The lowest BCUT2D eigenvalue weighted by Gasteiger charge is -2.20. The molecule has 0 saturated carbocycles. The Morgan fingerprint density at radius 1 is 1.00 bits per heavy atom. The second kappa shape index (κ2) is 4.89. The van der Waals surface area contributed by atoms with E-state index >= 15 is 0 Å². The summed E-state index contributed by atoms with van der Waals surface area (Å²) in [5, 5.41) is 25.0. The van der Waals surface area contributed by atoms with Gasteiger partial charge in [-0.1, -0.05) is 0 Å². The number of nitrogens with two attached hydrogens (primary N) is 1. The van der Waals surface area contributed by atoms with Gasteiger partial charge < -0.3 is 21.1 Å². The molecule has 58 valence electrons. The summed E-state index contributed by atoms with van der Waals surface area (Å²) in [5.74, 6) is 0. The number of aliphatic hydroxyl groups is 3. The van der Waals surface area contributed by atoms with Crippen LogP contribution in [0.25, 0.3) is 0 Å². The number of hydrogen-bond donors (Lipinski definition) is 4. The monoisotopic (exact) mass is 153 g/mol. The Morgan fingerprint density at radius 2 is 1.22 bits per heavy atom. The molecule has 0 heterocycles. The minimum absolute atomic E-state index is 0. The summed E-state index contributed by atoms with van der Waals surface area (Å²) in [7, 11) is 0. The molecule has 0 amide bonds. The number of rotatable bonds is 3. The highest BCUT2D eigenvalue weighted by Gasteiger charge is 2.20. The highest BCUT2D eigenvalue weighted by atomic mass is 28.1. The van der Waals surface area contributed by atoms with Crippen LogP contribution >= 0.6 is 0 Å². The first kappa shape index (κ1) is 11.8. The smallest absolute Gasteiger partial charge is 0.0856 e. The van der Waals surface area contributed by atoms with Gasteiger partial charge in [0.15, 0.2) is 0 Å². The topological polar surface area (TPSA) is 86.7 Å². The normalized spacial score (nSPS) is 10.7. The summed E-state index contributed by atoms with van der Waals surface area (Å²) in [4.78, 5) is 0. The molecular formula is C4H15NO3Si. The molecule has 0 unspecified atom stereocenters. The Hall–Kier alpha value is 0.0569. The number of hydrogen-bond acceptors (Lipinski definition) is 4. The third kappa shape index (κ3) is 3.60. The quantitative estimate of drug-likeness (QED) is 0.313. The SMILES string of the molecule is NC(CO)(CO)CO.[SiH4]. The predicted molar refractivity (Wildman–Crippen MR) is 39.5 cm³/mol. The lowest BCUT2D eigenvalue weighted by molar-refractivity contribution is 0.0698. The second-order valence-corrected chi connectivity index (χ2v) is 1.84. The van der Waals surface area contributed by atoms with Crippen molar-refractivity contribution in [2.24, 2.45) is 5.73 Å². The van der Waals surface area contributed by atoms with Gasteiger partial charge in [-0.3, -0.25) is 0 Å². The Labute approximate surface area is 58.3 Å². The summed E-state index contributed by atoms with van der Waals surface area (Å²) in [6, 6.07) is 0. The Balaban J connectivity index is 0. The highest BCUT2D eigenvalue weighted by Crippen LogP contribution is 1.93. The van der Waals surface area contributed by atoms with Crippen molar-refractivity contribution in [1.29, 1.82) is 0 Å². The summed E-state index contributed by atoms with van der Waals surface area (Å²) in [6.07, 6.45) is 0. The molecule has 5 N–H and O–H groups in total. The predicted octanol–water partition coefficient (Wildman–Crippen LogP) is -3.79. The van der Waals surface area contributed by atoms with Crippen LogP contribution in [0.15, 0.2) is 0 Å². The summed E-state index contributed by atoms with van der Waals surface area (Å²) < 4.78 is 0. The molecule has 0 fully saturated rings. The second-order valence-electron chi connectivity index (χ2n) is 1.84. The van der Waals surface area contributed by atoms with Crippen LogP contribution in [-0.2, 0) is 0 Å². The van der Waals surface area contributed by atoms with Crippen molar-refractivity contribution < 1.29 is 15.3 Å². The van der Waals surface area contributed by atoms with Gasteiger partial charge in [0.1, 0.15) is 0 Å². The molecule has 0 bridgehead atoms. The first-order valence-corrected chi connectivity index (χ1v) is 2.30. The minimum Gasteiger partial charge on any atom is -0.394 e. The average Bonchev–Trinajstić information content (AvgIpc) is 1.87. The summed E-state index contributed by atoms with van der Waals surface area (Å²) >= 11 is 0. The zero-order valence-corrected chi connectivity index (χ0v) is 4.54. The van der Waals surface area contributed by atoms with Gasteiger partial charge in [-0.15, -0.1) is 0 Å². The Bertz CT molecular complexity index is 58.6. The van der Waals surface area contributed by atoms with E-state index in [1.807, 2.05) is 0 Å². The van der Waals surface area contributed by atoms with Crippen molar-refractivity contribution in [1.82, 2.24) is 0 Å². The molecule has 5 heteroatoms. The van der Waals surface area contributed by atoms with Gasteiger partial charge in [0.05, 0.1) is 25.4 Å². The molecule has 0 aromatic heterocycles. The maximum absolute atomic E-state index is 8.34. The van der Waals surface area contributed by atoms with Crippen LogP contribution in [0.4, 0.5) is 0 Å². The van der Waals surface area contributed by atoms with Gasteiger partial charge in [0.2, 0.25) is 0 Å². The van der Waals surface area contributed by atoms with Crippen molar-refractivity contribution in [3.8, 4) is 0 Å². The van der Waals surface area contributed by atoms with Crippen molar-refractivity contribution in [3.63, 3.8) is 0 Å². The molecule has 4 nitrogen and oxygen atoms in total. The highest BCUT2D eigenvalue weighted by molar-refractivity contribution is 5.75. The average molecular weight is 153 g/mol. The van der Waals surface area contributed by atoms with Crippen LogP contribution in [0.1, 0.15) is 0 Å². The van der Waals surface area contributed by atoms with E-state index in [1.54, 1.807) is 0 Å². The summed E-state index contributed by atoms with van der Waals surface area (Å²) in [5.41, 5.74) is 3.94. The molecule has 0 aliphatic carbocycles. The minimum atomic E-state index is -1.21. The van der Waals surface area contributed by atoms with E-state index in [0.29, 0.717) is 0 Å². The van der Waals surface area contributed by atoms with Gasteiger partial charge in [0.25, 0.3) is 0 Å². The Kier molecular flexibility index (Phi) is 6.42. The third-order valence-electron chi connectivity index (χ3n) is 0.945. The molecule has 0 spiro atoms. The first-order valence-electron chi connectivity index (χ1n) is 2.30. The molecule has 0 radical (unpaired) electrons. The number of aliphatic hydroxyl groups excluding tert-OH is 3. The molecule has 9 heavy (non-hydrogen) atoms. The van der Waals surface area contributed by atoms with Gasteiger partial charge in [-0.05, 0) is 11.0 Å². The standard InChI is InChI=1S/C4H11NO3.H4Si/c5-4(1-6,2-7)3-8;/h6-8H,1-3,5H2;1H4. The van der Waals surface area contributed by atoms with Gasteiger partial charge in [-0.25, -0.2) is 0 Å².